The van der Waals surface area contributed by atoms with Gasteiger partial charge in [-0.15, -0.1) is 11.3 Å². The number of benzene rings is 1. The first-order valence-corrected chi connectivity index (χ1v) is 6.67. The lowest BCUT2D eigenvalue weighted by molar-refractivity contribution is 0.0337. The van der Waals surface area contributed by atoms with E-state index in [4.69, 9.17) is 4.74 Å². The van der Waals surface area contributed by atoms with E-state index in [1.807, 2.05) is 5.38 Å². The highest BCUT2D eigenvalue weighted by Gasteiger charge is 2.15. The predicted octanol–water partition coefficient (Wildman–Crippen LogP) is 3.26. The van der Waals surface area contributed by atoms with E-state index in [0.717, 1.165) is 5.01 Å². The average Bonchev–Trinajstić information content (AvgIpc) is 2.92. The van der Waals surface area contributed by atoms with Gasteiger partial charge in [0.1, 0.15) is 5.01 Å². The summed E-state index contributed by atoms with van der Waals surface area (Å²) in [6.45, 7) is 3.26. The van der Waals surface area contributed by atoms with Gasteiger partial charge >= 0.3 is 5.97 Å². The molecule has 0 N–H and O–H groups in total. The van der Waals surface area contributed by atoms with Crippen LogP contribution < -0.4 is 0 Å². The topological polar surface area (TPSA) is 56.3 Å². The highest BCUT2D eigenvalue weighted by atomic mass is 32.1. The van der Waals surface area contributed by atoms with Crippen molar-refractivity contribution in [3.05, 3.63) is 52.0 Å². The highest BCUT2D eigenvalue weighted by Crippen LogP contribution is 2.20. The summed E-state index contributed by atoms with van der Waals surface area (Å²) in [6.07, 6.45) is 1.30. The summed E-state index contributed by atoms with van der Waals surface area (Å²) in [4.78, 5) is 27.1. The molecule has 0 amide bonds. The minimum absolute atomic E-state index is 0.0314. The molecule has 2 rings (SSSR count). The molecule has 0 bridgehead atoms. The molecule has 0 unspecified atom stereocenters. The lowest BCUT2D eigenvalue weighted by Gasteiger charge is -2.10. The number of ketones is 1. The largest absolute Gasteiger partial charge is 0.452 e. The number of hydrogen-bond donors (Lipinski definition) is 0. The van der Waals surface area contributed by atoms with Crippen LogP contribution in [-0.4, -0.2) is 16.7 Å². The zero-order valence-corrected chi connectivity index (χ0v) is 11.4. The van der Waals surface area contributed by atoms with Crippen molar-refractivity contribution in [1.82, 2.24) is 4.98 Å². The maximum atomic E-state index is 11.9. The fourth-order valence-corrected chi connectivity index (χ4v) is 2.18. The Balaban J connectivity index is 2.05. The van der Waals surface area contributed by atoms with Crippen LogP contribution in [0.2, 0.25) is 0 Å². The Morgan fingerprint density at radius 1 is 1.21 bits per heavy atom. The number of hydrogen-bond acceptors (Lipinski definition) is 5. The second-order valence-corrected chi connectivity index (χ2v) is 4.98. The molecule has 1 heterocycles. The number of Topliss-reactive ketones (excluding diaryl/α,β-unsaturated/α-hetero) is 1. The van der Waals surface area contributed by atoms with Crippen molar-refractivity contribution < 1.29 is 14.3 Å². The minimum Gasteiger partial charge on any atom is -0.452 e. The quantitative estimate of drug-likeness (QED) is 0.634. The van der Waals surface area contributed by atoms with Gasteiger partial charge in [0, 0.05) is 17.1 Å². The molecule has 0 fully saturated rings. The van der Waals surface area contributed by atoms with Crippen molar-refractivity contribution in [2.24, 2.45) is 0 Å². The smallest absolute Gasteiger partial charge is 0.338 e. The maximum Gasteiger partial charge on any atom is 0.338 e. The molecule has 19 heavy (non-hydrogen) atoms. The average molecular weight is 275 g/mol. The number of rotatable bonds is 4. The summed E-state index contributed by atoms with van der Waals surface area (Å²) in [6, 6.07) is 6.42. The van der Waals surface area contributed by atoms with Crippen LogP contribution in [0.1, 0.15) is 45.7 Å². The second-order valence-electron chi connectivity index (χ2n) is 4.05. The Morgan fingerprint density at radius 3 is 2.37 bits per heavy atom. The molecule has 5 heteroatoms. The van der Waals surface area contributed by atoms with Gasteiger partial charge in [-0.2, -0.15) is 0 Å². The summed E-state index contributed by atoms with van der Waals surface area (Å²) in [5.41, 5.74) is 0.998. The summed E-state index contributed by atoms with van der Waals surface area (Å²) < 4.78 is 5.31. The van der Waals surface area contributed by atoms with E-state index >= 15 is 0 Å². The first kappa shape index (κ1) is 13.4. The normalized spacial score (nSPS) is 11.9. The van der Waals surface area contributed by atoms with Crippen LogP contribution >= 0.6 is 11.3 Å². The summed E-state index contributed by atoms with van der Waals surface area (Å²) >= 11 is 1.44. The van der Waals surface area contributed by atoms with Gasteiger partial charge < -0.3 is 4.74 Å². The van der Waals surface area contributed by atoms with Crippen LogP contribution in [0.4, 0.5) is 0 Å². The molecule has 0 aliphatic heterocycles. The lowest BCUT2D eigenvalue weighted by atomic mass is 10.1. The van der Waals surface area contributed by atoms with Gasteiger partial charge in [-0.3, -0.25) is 4.79 Å². The predicted molar refractivity (Wildman–Crippen MR) is 72.4 cm³/mol. The Labute approximate surface area is 115 Å². The number of thiazole rings is 1. The number of carbonyl (C=O) groups is 2. The summed E-state index contributed by atoms with van der Waals surface area (Å²) in [5.74, 6) is -0.450. The zero-order valence-electron chi connectivity index (χ0n) is 10.6. The molecule has 0 radical (unpaired) electrons. The standard InChI is InChI=1S/C14H13NO3S/c1-9(16)11-3-5-12(6-4-11)14(17)18-10(2)13-15-7-8-19-13/h3-8,10H,1-2H3/t10-/m1/s1. The molecule has 1 aromatic heterocycles. The van der Waals surface area contributed by atoms with Crippen LogP contribution in [0.15, 0.2) is 35.8 Å². The van der Waals surface area contributed by atoms with Gasteiger partial charge in [0.25, 0.3) is 0 Å². The third-order valence-corrected chi connectivity index (χ3v) is 3.55. The van der Waals surface area contributed by atoms with E-state index in [9.17, 15) is 9.59 Å². The fraction of sp³-hybridized carbons (Fsp3) is 0.214. The summed E-state index contributed by atoms with van der Waals surface area (Å²) in [5, 5.41) is 2.59. The second kappa shape index (κ2) is 5.75. The van der Waals surface area contributed by atoms with Crippen molar-refractivity contribution in [2.45, 2.75) is 20.0 Å². The molecule has 0 saturated heterocycles. The lowest BCUT2D eigenvalue weighted by Crippen LogP contribution is -2.09. The van der Waals surface area contributed by atoms with E-state index in [-0.39, 0.29) is 11.9 Å². The van der Waals surface area contributed by atoms with Crippen molar-refractivity contribution in [3.8, 4) is 0 Å². The molecule has 0 saturated carbocycles. The minimum atomic E-state index is -0.419. The van der Waals surface area contributed by atoms with Crippen molar-refractivity contribution in [1.29, 1.82) is 0 Å². The van der Waals surface area contributed by atoms with Gasteiger partial charge in [-0.1, -0.05) is 12.1 Å². The van der Waals surface area contributed by atoms with Gasteiger partial charge in [0.2, 0.25) is 0 Å². The van der Waals surface area contributed by atoms with Crippen molar-refractivity contribution >= 4 is 23.1 Å². The number of aromatic nitrogens is 1. The van der Waals surface area contributed by atoms with E-state index in [1.165, 1.54) is 18.3 Å². The Bertz CT molecular complexity index is 575. The molecule has 1 aromatic carbocycles. The number of nitrogens with zero attached hydrogens (tertiary/aromatic N) is 1. The Kier molecular flexibility index (Phi) is 4.06. The number of ether oxygens (including phenoxy) is 1. The highest BCUT2D eigenvalue weighted by molar-refractivity contribution is 7.09. The van der Waals surface area contributed by atoms with Crippen LogP contribution in [0.3, 0.4) is 0 Å². The summed E-state index contributed by atoms with van der Waals surface area (Å²) in [7, 11) is 0. The fourth-order valence-electron chi connectivity index (χ4n) is 1.56. The number of esters is 1. The van der Waals surface area contributed by atoms with Crippen LogP contribution in [0, 0.1) is 0 Å². The maximum absolute atomic E-state index is 11.9. The zero-order chi connectivity index (χ0) is 13.8. The Hall–Kier alpha value is -2.01. The third-order valence-electron chi connectivity index (χ3n) is 2.61. The van der Waals surface area contributed by atoms with Crippen LogP contribution in [0.5, 0.6) is 0 Å². The molecule has 98 valence electrons. The third kappa shape index (κ3) is 3.26. The molecule has 0 aliphatic rings. The molecule has 2 aromatic rings. The van der Waals surface area contributed by atoms with Crippen LogP contribution in [0.25, 0.3) is 0 Å². The SMILES string of the molecule is CC(=O)c1ccc(C(=O)O[C@H](C)c2nccs2)cc1. The molecular weight excluding hydrogens is 262 g/mol. The monoisotopic (exact) mass is 275 g/mol. The molecule has 1 atom stereocenters. The van der Waals surface area contributed by atoms with Gasteiger partial charge in [0.05, 0.1) is 5.56 Å². The number of carbonyl (C=O) groups excluding carboxylic acids is 2. The molecule has 4 nitrogen and oxygen atoms in total. The molecule has 0 aliphatic carbocycles. The van der Waals surface area contributed by atoms with Gasteiger partial charge in [-0.25, -0.2) is 9.78 Å². The first-order chi connectivity index (χ1) is 9.08. The van der Waals surface area contributed by atoms with E-state index in [1.54, 1.807) is 37.4 Å². The van der Waals surface area contributed by atoms with E-state index in [2.05, 4.69) is 4.98 Å². The van der Waals surface area contributed by atoms with Gasteiger partial charge in [-0.05, 0) is 26.0 Å². The Morgan fingerprint density at radius 2 is 1.84 bits per heavy atom. The molecule has 0 spiro atoms. The molecular formula is C14H13NO3S. The van der Waals surface area contributed by atoms with Crippen LogP contribution in [-0.2, 0) is 4.74 Å². The van der Waals surface area contributed by atoms with Crippen molar-refractivity contribution in [2.75, 3.05) is 0 Å². The van der Waals surface area contributed by atoms with Crippen molar-refractivity contribution in [3.63, 3.8) is 0 Å². The van der Waals surface area contributed by atoms with Gasteiger partial charge in [0.15, 0.2) is 11.9 Å². The first-order valence-electron chi connectivity index (χ1n) is 5.79. The van der Waals surface area contributed by atoms with E-state index < -0.39 is 5.97 Å². The van der Waals surface area contributed by atoms with E-state index in [0.29, 0.717) is 11.1 Å².